The number of nitrogens with one attached hydrogen (secondary N) is 1. The SMILES string of the molecule is COCC1C2C=C3C4CC(C)CC3C1c1c(O)c(OC3CCCC3)cc(CCC(=O)C=CCCC3CCCC3)c1C#CCC(C2)N=C(N)NC1(CCCCC1)c1cccc(c1)Cc1cc(O)cc4c1. The summed E-state index contributed by atoms with van der Waals surface area (Å²) in [6, 6.07) is 17.1. The highest BCUT2D eigenvalue weighted by molar-refractivity contribution is 5.89. The monoisotopic (exact) mass is 932 g/mol. The summed E-state index contributed by atoms with van der Waals surface area (Å²) in [5.74, 6) is 10.0. The lowest BCUT2D eigenvalue weighted by Gasteiger charge is -2.49. The number of phenolic OH excluding ortho intramolecular Hbond substituents is 2. The molecule has 7 unspecified atom stereocenters. The maximum Gasteiger partial charge on any atom is 0.189 e. The first-order chi connectivity index (χ1) is 33.6. The Labute approximate surface area is 412 Å². The second kappa shape index (κ2) is 21.2. The fourth-order valence-electron chi connectivity index (χ4n) is 14.3. The van der Waals surface area contributed by atoms with E-state index in [4.69, 9.17) is 20.2 Å². The van der Waals surface area contributed by atoms with Crippen LogP contribution in [0.1, 0.15) is 186 Å². The summed E-state index contributed by atoms with van der Waals surface area (Å²) >= 11 is 0. The number of nitrogens with zero attached hydrogens (tertiary/aromatic N) is 1. The van der Waals surface area contributed by atoms with Crippen LogP contribution in [-0.2, 0) is 27.9 Å². The van der Waals surface area contributed by atoms with E-state index in [1.165, 1.54) is 48.8 Å². The zero-order chi connectivity index (χ0) is 47.5. The second-order valence-corrected chi connectivity index (χ2v) is 22.5. The largest absolute Gasteiger partial charge is 0.508 e. The molecule has 8 nitrogen and oxygen atoms in total. The number of aliphatic imine (C=N–C) groups is 1. The number of benzene rings is 3. The predicted octanol–water partition coefficient (Wildman–Crippen LogP) is 12.4. The number of ether oxygens (including phenoxy) is 2. The van der Waals surface area contributed by atoms with Crippen molar-refractivity contribution in [3.63, 3.8) is 0 Å². The summed E-state index contributed by atoms with van der Waals surface area (Å²) in [4.78, 5) is 19.1. The van der Waals surface area contributed by atoms with Crippen LogP contribution in [0, 0.1) is 41.4 Å². The average molecular weight is 932 g/mol. The van der Waals surface area contributed by atoms with Crippen LogP contribution in [-0.4, -0.2) is 47.8 Å². The molecule has 0 saturated heterocycles. The topological polar surface area (TPSA) is 126 Å². The molecule has 1 aliphatic heterocycles. The summed E-state index contributed by atoms with van der Waals surface area (Å²) in [6.07, 6.45) is 28.0. The van der Waals surface area contributed by atoms with Gasteiger partial charge >= 0.3 is 0 Å². The summed E-state index contributed by atoms with van der Waals surface area (Å²) in [6.45, 7) is 2.86. The number of allylic oxidation sites excluding steroid dienone is 4. The Hall–Kier alpha value is -5.00. The van der Waals surface area contributed by atoms with Gasteiger partial charge in [-0.3, -0.25) is 4.79 Å². The van der Waals surface area contributed by atoms with Crippen LogP contribution in [0.4, 0.5) is 0 Å². The first-order valence-electron chi connectivity index (χ1n) is 27.1. The number of guanidine groups is 1. The van der Waals surface area contributed by atoms with Gasteiger partial charge in [0.1, 0.15) is 5.75 Å². The Morgan fingerprint density at radius 1 is 0.957 bits per heavy atom. The van der Waals surface area contributed by atoms with Crippen molar-refractivity contribution in [2.75, 3.05) is 13.7 Å². The molecule has 69 heavy (non-hydrogen) atoms. The molecule has 366 valence electrons. The van der Waals surface area contributed by atoms with Crippen molar-refractivity contribution >= 4 is 11.7 Å². The summed E-state index contributed by atoms with van der Waals surface area (Å²) < 4.78 is 13.1. The van der Waals surface area contributed by atoms with E-state index in [1.807, 2.05) is 18.2 Å². The van der Waals surface area contributed by atoms with Gasteiger partial charge in [0, 0.05) is 42.9 Å². The smallest absolute Gasteiger partial charge is 0.189 e. The van der Waals surface area contributed by atoms with Crippen molar-refractivity contribution in [3.8, 4) is 29.1 Å². The number of aryl methyl sites for hydroxylation is 1. The minimum Gasteiger partial charge on any atom is -0.508 e. The van der Waals surface area contributed by atoms with E-state index in [2.05, 4.69) is 66.6 Å². The lowest BCUT2D eigenvalue weighted by atomic mass is 9.55. The van der Waals surface area contributed by atoms with Crippen molar-refractivity contribution in [2.24, 2.45) is 40.3 Å². The Balaban J connectivity index is 1.13. The minimum absolute atomic E-state index is 0.0156. The first-order valence-corrected chi connectivity index (χ1v) is 27.1. The van der Waals surface area contributed by atoms with Gasteiger partial charge in [-0.25, -0.2) is 4.99 Å². The molecular formula is C61H77N3O5. The fourth-order valence-corrected chi connectivity index (χ4v) is 14.3. The molecule has 0 amide bonds. The molecular weight excluding hydrogens is 855 g/mol. The number of ketones is 1. The van der Waals surface area contributed by atoms with Gasteiger partial charge in [0.25, 0.3) is 0 Å². The predicted molar refractivity (Wildman–Crippen MR) is 276 cm³/mol. The van der Waals surface area contributed by atoms with Gasteiger partial charge in [-0.05, 0) is 165 Å². The van der Waals surface area contributed by atoms with Crippen molar-refractivity contribution in [3.05, 3.63) is 111 Å². The van der Waals surface area contributed by atoms with E-state index < -0.39 is 0 Å². The third kappa shape index (κ3) is 10.6. The van der Waals surface area contributed by atoms with Crippen LogP contribution in [0.25, 0.3) is 0 Å². The number of phenols is 2. The Bertz CT molecular complexity index is 2490. The van der Waals surface area contributed by atoms with Crippen LogP contribution in [0.3, 0.4) is 0 Å². The highest BCUT2D eigenvalue weighted by Gasteiger charge is 2.49. The molecule has 1 spiro atoms. The number of nitrogens with two attached hydrogens (primary N) is 1. The normalized spacial score (nSPS) is 27.8. The maximum absolute atomic E-state index is 13.7. The van der Waals surface area contributed by atoms with Crippen LogP contribution < -0.4 is 15.8 Å². The molecule has 3 aromatic carbocycles. The molecule has 3 aromatic rings. The molecule has 0 aromatic heterocycles. The number of carbonyl (C=O) groups excluding carboxylic acids is 1. The van der Waals surface area contributed by atoms with E-state index in [0.717, 1.165) is 117 Å². The van der Waals surface area contributed by atoms with E-state index in [1.54, 1.807) is 13.2 Å². The quantitative estimate of drug-likeness (QED) is 0.0857. The lowest BCUT2D eigenvalue weighted by molar-refractivity contribution is -0.114. The van der Waals surface area contributed by atoms with Crippen molar-refractivity contribution < 1.29 is 24.5 Å². The first kappa shape index (κ1) is 47.7. The third-order valence-electron chi connectivity index (χ3n) is 17.6. The number of aromatic hydroxyl groups is 2. The van der Waals surface area contributed by atoms with Gasteiger partial charge in [0.15, 0.2) is 23.2 Å². The van der Waals surface area contributed by atoms with E-state index >= 15 is 0 Å². The summed E-state index contributed by atoms with van der Waals surface area (Å²) in [5, 5.41) is 28.4. The van der Waals surface area contributed by atoms with Crippen molar-refractivity contribution in [1.82, 2.24) is 5.32 Å². The van der Waals surface area contributed by atoms with Gasteiger partial charge in [-0.1, -0.05) is 112 Å². The summed E-state index contributed by atoms with van der Waals surface area (Å²) in [5.41, 5.74) is 15.5. The zero-order valence-corrected chi connectivity index (χ0v) is 41.5. The van der Waals surface area contributed by atoms with E-state index in [9.17, 15) is 15.0 Å². The number of carbonyl (C=O) groups is 1. The van der Waals surface area contributed by atoms with E-state index in [0.29, 0.717) is 55.7 Å². The molecule has 4 saturated carbocycles. The number of rotatable bonds is 11. The molecule has 1 heterocycles. The van der Waals surface area contributed by atoms with Crippen LogP contribution in [0.15, 0.2) is 77.3 Å². The number of hydrogen-bond donors (Lipinski definition) is 4. The molecule has 7 aliphatic rings. The van der Waals surface area contributed by atoms with Gasteiger partial charge in [0.2, 0.25) is 0 Å². The molecule has 5 N–H and O–H groups in total. The Morgan fingerprint density at radius 2 is 1.77 bits per heavy atom. The molecule has 10 rings (SSSR count). The molecule has 8 heteroatoms. The minimum atomic E-state index is -0.345. The van der Waals surface area contributed by atoms with Gasteiger partial charge in [0.05, 0.1) is 24.3 Å². The molecule has 7 atom stereocenters. The fraction of sp³-hybridized carbons (Fsp3) is 0.574. The molecule has 8 bridgehead atoms. The summed E-state index contributed by atoms with van der Waals surface area (Å²) in [7, 11) is 1.80. The molecule has 6 aliphatic carbocycles. The highest BCUT2D eigenvalue weighted by Crippen LogP contribution is 2.59. The third-order valence-corrected chi connectivity index (χ3v) is 17.6. The Morgan fingerprint density at radius 3 is 2.58 bits per heavy atom. The lowest BCUT2D eigenvalue weighted by Crippen LogP contribution is -2.50. The van der Waals surface area contributed by atoms with Crippen molar-refractivity contribution in [2.45, 2.75) is 178 Å². The Kier molecular flexibility index (Phi) is 14.6. The number of methoxy groups -OCH3 is 1. The molecule has 0 radical (unpaired) electrons. The average Bonchev–Trinajstić information content (AvgIpc) is 4.06. The number of hydrogen-bond acceptors (Lipinski definition) is 8. The zero-order valence-electron chi connectivity index (χ0n) is 41.5. The van der Waals surface area contributed by atoms with Gasteiger partial charge in [-0.15, -0.1) is 0 Å². The molecule has 4 fully saturated rings. The highest BCUT2D eigenvalue weighted by atomic mass is 16.5. The standard InChI is InChI=1S/C61H77N3O5/c1-39-28-52-44-31-42(33-49(66)35-44)30-41-17-12-18-46(32-41)61(26-10-3-11-27-61)64-60(62)63-47-19-13-23-51-43(24-25-48(65)20-7-6-16-40-14-4-5-15-40)37-56(69-50-21-8-9-22-50)59(67)58(51)57-54(29-39)53(52)36-45(34-47)55(57)38-68-2/h7,12,17-18,20,31-33,35-37,39-40,45,47,50,52,54-55,57,66-67H,3-6,8-11,14-16,19,21-22,24-30,34,38H2,1-2H3,(H3,62,63,64). The second-order valence-electron chi connectivity index (χ2n) is 22.5. The van der Waals surface area contributed by atoms with Crippen molar-refractivity contribution in [1.29, 1.82) is 0 Å². The van der Waals surface area contributed by atoms with Crippen LogP contribution >= 0.6 is 0 Å². The van der Waals surface area contributed by atoms with Gasteiger partial charge in [-0.2, -0.15) is 0 Å². The van der Waals surface area contributed by atoms with E-state index in [-0.39, 0.29) is 58.8 Å². The van der Waals surface area contributed by atoms with Crippen LogP contribution in [0.2, 0.25) is 0 Å². The van der Waals surface area contributed by atoms with Gasteiger partial charge < -0.3 is 30.7 Å². The maximum atomic E-state index is 13.7. The number of fused-ring (bicyclic) bond motifs is 11. The van der Waals surface area contributed by atoms with Crippen LogP contribution in [0.5, 0.6) is 17.2 Å².